The Balaban J connectivity index is 1.41. The van der Waals surface area contributed by atoms with Crippen molar-refractivity contribution in [2.24, 2.45) is 0 Å². The van der Waals surface area contributed by atoms with Crippen LogP contribution in [0.15, 0.2) is 89.8 Å². The Hall–Kier alpha value is -2.52. The van der Waals surface area contributed by atoms with Gasteiger partial charge in [-0.1, -0.05) is 60.7 Å². The first-order valence-electron chi connectivity index (χ1n) is 8.90. The van der Waals surface area contributed by atoms with Gasteiger partial charge in [0.2, 0.25) is 0 Å². The fourth-order valence-electron chi connectivity index (χ4n) is 2.68. The van der Waals surface area contributed by atoms with Crippen molar-refractivity contribution in [2.45, 2.75) is 23.5 Å². The van der Waals surface area contributed by atoms with Crippen LogP contribution in [0.2, 0.25) is 0 Å². The molecule has 0 radical (unpaired) electrons. The molecule has 0 aliphatic heterocycles. The van der Waals surface area contributed by atoms with E-state index in [4.69, 9.17) is 0 Å². The van der Waals surface area contributed by atoms with Gasteiger partial charge in [0.05, 0.1) is 0 Å². The van der Waals surface area contributed by atoms with E-state index in [1.165, 1.54) is 16.0 Å². The predicted octanol–water partition coefficient (Wildman–Crippen LogP) is 5.34. The van der Waals surface area contributed by atoms with Crippen LogP contribution >= 0.6 is 11.8 Å². The number of benzene rings is 3. The van der Waals surface area contributed by atoms with Gasteiger partial charge in [-0.2, -0.15) is 0 Å². The van der Waals surface area contributed by atoms with Gasteiger partial charge in [-0.05, 0) is 48.2 Å². The summed E-state index contributed by atoms with van der Waals surface area (Å²) < 4.78 is 0. The number of thioether (sulfide) groups is 1. The van der Waals surface area contributed by atoms with Crippen molar-refractivity contribution in [3.63, 3.8) is 0 Å². The Morgan fingerprint density at radius 1 is 0.769 bits per heavy atom. The van der Waals surface area contributed by atoms with E-state index >= 15 is 0 Å². The van der Waals surface area contributed by atoms with Crippen LogP contribution in [0.4, 0.5) is 0 Å². The van der Waals surface area contributed by atoms with Gasteiger partial charge in [-0.15, -0.1) is 11.8 Å². The molecular weight excluding hydrogens is 338 g/mol. The van der Waals surface area contributed by atoms with Crippen LogP contribution in [0.25, 0.3) is 0 Å². The van der Waals surface area contributed by atoms with Crippen LogP contribution in [-0.4, -0.2) is 12.5 Å². The quantitative estimate of drug-likeness (QED) is 0.433. The zero-order chi connectivity index (χ0) is 18.0. The molecule has 0 atom stereocenters. The van der Waals surface area contributed by atoms with E-state index in [1.54, 1.807) is 11.8 Å². The number of aryl methyl sites for hydroxylation is 1. The summed E-state index contributed by atoms with van der Waals surface area (Å²) in [4.78, 5) is 13.5. The van der Waals surface area contributed by atoms with Crippen molar-refractivity contribution < 1.29 is 4.79 Å². The van der Waals surface area contributed by atoms with Crippen molar-refractivity contribution in [3.8, 4) is 0 Å². The van der Waals surface area contributed by atoms with Gasteiger partial charge >= 0.3 is 0 Å². The lowest BCUT2D eigenvalue weighted by Crippen LogP contribution is -2.24. The van der Waals surface area contributed by atoms with E-state index in [9.17, 15) is 4.79 Å². The molecule has 3 rings (SSSR count). The number of hydrogen-bond donors (Lipinski definition) is 1. The SMILES string of the molecule is O=C(NCCCc1ccccc1)c1ccc(CSc2ccccc2)cc1. The maximum Gasteiger partial charge on any atom is 0.251 e. The first-order valence-corrected chi connectivity index (χ1v) is 9.89. The highest BCUT2D eigenvalue weighted by molar-refractivity contribution is 7.98. The second-order valence-electron chi connectivity index (χ2n) is 6.14. The van der Waals surface area contributed by atoms with Crippen LogP contribution in [-0.2, 0) is 12.2 Å². The fourth-order valence-corrected chi connectivity index (χ4v) is 3.55. The van der Waals surface area contributed by atoms with Gasteiger partial charge in [0.25, 0.3) is 5.91 Å². The Morgan fingerprint density at radius 3 is 2.12 bits per heavy atom. The van der Waals surface area contributed by atoms with Crippen molar-refractivity contribution in [1.29, 1.82) is 0 Å². The lowest BCUT2D eigenvalue weighted by atomic mass is 10.1. The molecule has 0 unspecified atom stereocenters. The molecule has 0 saturated carbocycles. The zero-order valence-electron chi connectivity index (χ0n) is 14.7. The van der Waals surface area contributed by atoms with Crippen LogP contribution in [0, 0.1) is 0 Å². The molecule has 1 N–H and O–H groups in total. The number of carbonyl (C=O) groups excluding carboxylic acids is 1. The second-order valence-corrected chi connectivity index (χ2v) is 7.19. The number of rotatable bonds is 8. The number of carbonyl (C=O) groups is 1. The monoisotopic (exact) mass is 361 g/mol. The highest BCUT2D eigenvalue weighted by Gasteiger charge is 2.05. The topological polar surface area (TPSA) is 29.1 Å². The molecule has 0 aliphatic rings. The molecule has 26 heavy (non-hydrogen) atoms. The predicted molar refractivity (Wildman–Crippen MR) is 110 cm³/mol. The fraction of sp³-hybridized carbons (Fsp3) is 0.174. The van der Waals surface area contributed by atoms with Gasteiger partial charge in [0, 0.05) is 22.8 Å². The highest BCUT2D eigenvalue weighted by atomic mass is 32.2. The molecule has 0 aromatic heterocycles. The number of hydrogen-bond acceptors (Lipinski definition) is 2. The van der Waals surface area contributed by atoms with Crippen LogP contribution in [0.5, 0.6) is 0 Å². The maximum absolute atomic E-state index is 12.2. The van der Waals surface area contributed by atoms with Gasteiger partial charge < -0.3 is 5.32 Å². The van der Waals surface area contributed by atoms with E-state index in [0.717, 1.165) is 24.2 Å². The third kappa shape index (κ3) is 5.78. The summed E-state index contributed by atoms with van der Waals surface area (Å²) in [6, 6.07) is 28.6. The van der Waals surface area contributed by atoms with Crippen molar-refractivity contribution in [2.75, 3.05) is 6.54 Å². The largest absolute Gasteiger partial charge is 0.352 e. The van der Waals surface area contributed by atoms with E-state index in [-0.39, 0.29) is 5.91 Å². The van der Waals surface area contributed by atoms with Gasteiger partial charge in [-0.3, -0.25) is 4.79 Å². The average molecular weight is 362 g/mol. The molecule has 3 aromatic rings. The molecule has 132 valence electrons. The summed E-state index contributed by atoms with van der Waals surface area (Å²) in [6.07, 6.45) is 1.93. The Kier molecular flexibility index (Phi) is 6.91. The molecular formula is C23H23NOS. The Morgan fingerprint density at radius 2 is 1.42 bits per heavy atom. The van der Waals surface area contributed by atoms with Crippen molar-refractivity contribution in [3.05, 3.63) is 102 Å². The Labute approximate surface area is 159 Å². The summed E-state index contributed by atoms with van der Waals surface area (Å²) >= 11 is 1.80. The lowest BCUT2D eigenvalue weighted by Gasteiger charge is -2.07. The van der Waals surface area contributed by atoms with E-state index in [0.29, 0.717) is 6.54 Å². The number of amides is 1. The minimum Gasteiger partial charge on any atom is -0.352 e. The molecule has 0 spiro atoms. The summed E-state index contributed by atoms with van der Waals surface area (Å²) in [5.41, 5.74) is 3.25. The normalized spacial score (nSPS) is 10.5. The second kappa shape index (κ2) is 9.83. The molecule has 3 aromatic carbocycles. The molecule has 0 heterocycles. The van der Waals surface area contributed by atoms with Crippen LogP contribution in [0.3, 0.4) is 0 Å². The molecule has 2 nitrogen and oxygen atoms in total. The first-order chi connectivity index (χ1) is 12.8. The van der Waals surface area contributed by atoms with Crippen LogP contribution < -0.4 is 5.32 Å². The van der Waals surface area contributed by atoms with E-state index in [2.05, 4.69) is 29.6 Å². The smallest absolute Gasteiger partial charge is 0.251 e. The summed E-state index contributed by atoms with van der Waals surface area (Å²) in [6.45, 7) is 0.694. The van der Waals surface area contributed by atoms with Crippen molar-refractivity contribution in [1.82, 2.24) is 5.32 Å². The van der Waals surface area contributed by atoms with Gasteiger partial charge in [0.15, 0.2) is 0 Å². The molecule has 0 saturated heterocycles. The minimum absolute atomic E-state index is 0.000300. The summed E-state index contributed by atoms with van der Waals surface area (Å²) in [7, 11) is 0. The zero-order valence-corrected chi connectivity index (χ0v) is 15.5. The molecule has 1 amide bonds. The molecule has 3 heteroatoms. The van der Waals surface area contributed by atoms with Gasteiger partial charge in [-0.25, -0.2) is 0 Å². The molecule has 0 bridgehead atoms. The first kappa shape index (κ1) is 18.3. The average Bonchev–Trinajstić information content (AvgIpc) is 2.71. The van der Waals surface area contributed by atoms with E-state index < -0.39 is 0 Å². The molecule has 0 fully saturated rings. The van der Waals surface area contributed by atoms with Crippen LogP contribution in [0.1, 0.15) is 27.9 Å². The standard InChI is InChI=1S/C23H23NOS/c25-23(24-17-7-10-19-8-3-1-4-9-19)21-15-13-20(14-16-21)18-26-22-11-5-2-6-12-22/h1-6,8-9,11-16H,7,10,17-18H2,(H,24,25). The third-order valence-electron chi connectivity index (χ3n) is 4.14. The lowest BCUT2D eigenvalue weighted by molar-refractivity contribution is 0.0953. The van der Waals surface area contributed by atoms with Gasteiger partial charge in [0.1, 0.15) is 0 Å². The summed E-state index contributed by atoms with van der Waals surface area (Å²) in [5, 5.41) is 3.00. The molecule has 0 aliphatic carbocycles. The summed E-state index contributed by atoms with van der Waals surface area (Å²) in [5.74, 6) is 0.906. The van der Waals surface area contributed by atoms with E-state index in [1.807, 2.05) is 60.7 Å². The minimum atomic E-state index is 0.000300. The maximum atomic E-state index is 12.2. The highest BCUT2D eigenvalue weighted by Crippen LogP contribution is 2.22. The number of nitrogens with one attached hydrogen (secondary N) is 1. The Bertz CT molecular complexity index is 801. The van der Waals surface area contributed by atoms with Crippen molar-refractivity contribution >= 4 is 17.7 Å². The third-order valence-corrected chi connectivity index (χ3v) is 5.22.